The van der Waals surface area contributed by atoms with E-state index in [1.807, 2.05) is 26.0 Å². The maximum atomic E-state index is 12.9. The number of amides is 3. The molecule has 39 heavy (non-hydrogen) atoms. The van der Waals surface area contributed by atoms with Crippen molar-refractivity contribution in [1.82, 2.24) is 4.90 Å². The summed E-state index contributed by atoms with van der Waals surface area (Å²) < 4.78 is 11.6. The van der Waals surface area contributed by atoms with Gasteiger partial charge >= 0.3 is 0 Å². The summed E-state index contributed by atoms with van der Waals surface area (Å²) in [6.45, 7) is 3.89. The summed E-state index contributed by atoms with van der Waals surface area (Å²) in [6.07, 6.45) is 1.56. The fraction of sp³-hybridized carbons (Fsp3) is 0.179. The second-order valence-electron chi connectivity index (χ2n) is 8.53. The Morgan fingerprint density at radius 3 is 2.41 bits per heavy atom. The zero-order chi connectivity index (χ0) is 27.9. The van der Waals surface area contributed by atoms with Crippen LogP contribution in [0.4, 0.5) is 16.2 Å². The topological polar surface area (TPSA) is 128 Å². The Morgan fingerprint density at radius 2 is 1.74 bits per heavy atom. The number of aryl methyl sites for hydroxylation is 1. The lowest BCUT2D eigenvalue weighted by Crippen LogP contribution is -2.36. The average Bonchev–Trinajstić information content (AvgIpc) is 3.17. The van der Waals surface area contributed by atoms with Crippen molar-refractivity contribution in [1.29, 1.82) is 0 Å². The Bertz CT molecular complexity index is 1440. The Labute approximate surface area is 228 Å². The largest absolute Gasteiger partial charge is 0.490 e. The number of nitro groups is 1. The lowest BCUT2D eigenvalue weighted by molar-refractivity contribution is -0.384. The van der Waals surface area contributed by atoms with Crippen molar-refractivity contribution >= 4 is 46.3 Å². The molecule has 1 heterocycles. The molecule has 3 amide bonds. The number of ether oxygens (including phenoxy) is 2. The molecule has 1 saturated heterocycles. The minimum Gasteiger partial charge on any atom is -0.490 e. The Hall–Kier alpha value is -4.64. The summed E-state index contributed by atoms with van der Waals surface area (Å²) in [5, 5.41) is 13.0. The van der Waals surface area contributed by atoms with Crippen LogP contribution in [0, 0.1) is 17.0 Å². The second kappa shape index (κ2) is 12.3. The van der Waals surface area contributed by atoms with Crippen LogP contribution >= 0.6 is 11.8 Å². The van der Waals surface area contributed by atoms with E-state index in [1.54, 1.807) is 48.5 Å². The third kappa shape index (κ3) is 7.02. The van der Waals surface area contributed by atoms with Gasteiger partial charge in [0.2, 0.25) is 5.91 Å². The number of nitro benzene ring substituents is 1. The summed E-state index contributed by atoms with van der Waals surface area (Å²) in [4.78, 5) is 49.3. The fourth-order valence-electron chi connectivity index (χ4n) is 3.65. The van der Waals surface area contributed by atoms with Crippen LogP contribution in [-0.4, -0.2) is 40.0 Å². The van der Waals surface area contributed by atoms with E-state index in [2.05, 4.69) is 5.32 Å². The molecular formula is C28H25N3O7S. The number of nitrogens with zero attached hydrogens (tertiary/aromatic N) is 2. The number of imide groups is 1. The maximum absolute atomic E-state index is 12.9. The predicted molar refractivity (Wildman–Crippen MR) is 148 cm³/mol. The van der Waals surface area contributed by atoms with Gasteiger partial charge in [0.05, 0.1) is 16.4 Å². The van der Waals surface area contributed by atoms with Crippen molar-refractivity contribution in [3.8, 4) is 11.5 Å². The van der Waals surface area contributed by atoms with Gasteiger partial charge in [-0.1, -0.05) is 23.8 Å². The van der Waals surface area contributed by atoms with Crippen molar-refractivity contribution in [2.24, 2.45) is 0 Å². The Balaban J connectivity index is 1.43. The van der Waals surface area contributed by atoms with Crippen LogP contribution in [0.3, 0.4) is 0 Å². The molecule has 10 nitrogen and oxygen atoms in total. The number of carbonyl (C=O) groups is 3. The minimum absolute atomic E-state index is 0.00517. The molecule has 0 atom stereocenters. The molecule has 1 N–H and O–H groups in total. The number of thioether (sulfide) groups is 1. The molecule has 0 spiro atoms. The molecule has 0 radical (unpaired) electrons. The average molecular weight is 548 g/mol. The van der Waals surface area contributed by atoms with E-state index in [1.165, 1.54) is 12.1 Å². The molecule has 200 valence electrons. The first-order valence-electron chi connectivity index (χ1n) is 12.0. The maximum Gasteiger partial charge on any atom is 0.294 e. The number of nitrogens with one attached hydrogen (secondary N) is 1. The first-order chi connectivity index (χ1) is 18.7. The van der Waals surface area contributed by atoms with Crippen LogP contribution in [0.1, 0.15) is 23.6 Å². The van der Waals surface area contributed by atoms with Crippen molar-refractivity contribution in [2.75, 3.05) is 18.5 Å². The lowest BCUT2D eigenvalue weighted by Gasteiger charge is -2.13. The summed E-state index contributed by atoms with van der Waals surface area (Å²) >= 11 is 0.759. The second-order valence-corrected chi connectivity index (χ2v) is 9.53. The lowest BCUT2D eigenvalue weighted by atomic mass is 10.1. The molecule has 1 aliphatic rings. The molecule has 0 saturated carbocycles. The smallest absolute Gasteiger partial charge is 0.294 e. The van der Waals surface area contributed by atoms with Crippen molar-refractivity contribution in [2.45, 2.75) is 20.5 Å². The molecule has 4 rings (SSSR count). The van der Waals surface area contributed by atoms with E-state index in [-0.39, 0.29) is 17.2 Å². The highest BCUT2D eigenvalue weighted by Gasteiger charge is 2.36. The monoisotopic (exact) mass is 547 g/mol. The Morgan fingerprint density at radius 1 is 1.03 bits per heavy atom. The van der Waals surface area contributed by atoms with Gasteiger partial charge in [0, 0.05) is 17.8 Å². The van der Waals surface area contributed by atoms with Crippen LogP contribution in [-0.2, 0) is 16.2 Å². The fourth-order valence-corrected chi connectivity index (χ4v) is 4.48. The minimum atomic E-state index is -0.555. The molecule has 3 aromatic rings. The number of hydrogen-bond acceptors (Lipinski definition) is 8. The zero-order valence-electron chi connectivity index (χ0n) is 21.2. The summed E-state index contributed by atoms with van der Waals surface area (Å²) in [6, 6.07) is 18.3. The molecule has 1 fully saturated rings. The number of rotatable bonds is 10. The number of benzene rings is 3. The zero-order valence-corrected chi connectivity index (χ0v) is 22.0. The number of anilines is 1. The van der Waals surface area contributed by atoms with Crippen LogP contribution in [0.5, 0.6) is 11.5 Å². The molecule has 0 aromatic heterocycles. The van der Waals surface area contributed by atoms with E-state index >= 15 is 0 Å². The van der Waals surface area contributed by atoms with Crippen LogP contribution < -0.4 is 14.8 Å². The van der Waals surface area contributed by atoms with Gasteiger partial charge in [-0.25, -0.2) is 0 Å². The number of carbonyl (C=O) groups excluding carboxylic acids is 3. The summed E-state index contributed by atoms with van der Waals surface area (Å²) in [5.74, 6) is -0.144. The van der Waals surface area contributed by atoms with Crippen LogP contribution in [0.15, 0.2) is 71.6 Å². The standard InChI is InChI=1S/C28H25N3O7S/c1-3-37-24-14-20(8-13-23(24)38-17-19-6-11-22(12-7-19)31(35)36)15-25-27(33)30(28(34)39-25)16-26(32)29-21-9-4-18(2)5-10-21/h4-15H,3,16-17H2,1-2H3,(H,29,32)/b25-15+. The number of hydrogen-bond donors (Lipinski definition) is 1. The van der Waals surface area contributed by atoms with Crippen LogP contribution in [0.2, 0.25) is 0 Å². The van der Waals surface area contributed by atoms with Gasteiger partial charge in [-0.2, -0.15) is 0 Å². The van der Waals surface area contributed by atoms with Gasteiger partial charge in [-0.3, -0.25) is 29.4 Å². The Kier molecular flexibility index (Phi) is 8.62. The molecule has 0 bridgehead atoms. The van der Waals surface area contributed by atoms with Gasteiger partial charge < -0.3 is 14.8 Å². The van der Waals surface area contributed by atoms with E-state index in [0.29, 0.717) is 29.4 Å². The SMILES string of the molecule is CCOc1cc(/C=C2/SC(=O)N(CC(=O)Nc3ccc(C)cc3)C2=O)ccc1OCc1ccc([N+](=O)[O-])cc1. The van der Waals surface area contributed by atoms with E-state index in [9.17, 15) is 24.5 Å². The highest BCUT2D eigenvalue weighted by molar-refractivity contribution is 8.18. The summed E-state index contributed by atoms with van der Waals surface area (Å²) in [5.41, 5.74) is 2.96. The van der Waals surface area contributed by atoms with Crippen molar-refractivity contribution in [3.05, 3.63) is 98.4 Å². The molecule has 1 aliphatic heterocycles. The van der Waals surface area contributed by atoms with E-state index in [4.69, 9.17) is 9.47 Å². The molecular weight excluding hydrogens is 522 g/mol. The number of non-ortho nitro benzene ring substituents is 1. The van der Waals surface area contributed by atoms with Gasteiger partial charge in [-0.05, 0) is 79.2 Å². The van der Waals surface area contributed by atoms with Crippen molar-refractivity contribution < 1.29 is 28.8 Å². The van der Waals surface area contributed by atoms with Gasteiger partial charge in [0.15, 0.2) is 11.5 Å². The van der Waals surface area contributed by atoms with Gasteiger partial charge in [-0.15, -0.1) is 0 Å². The highest BCUT2D eigenvalue weighted by Crippen LogP contribution is 2.35. The predicted octanol–water partition coefficient (Wildman–Crippen LogP) is 5.56. The van der Waals surface area contributed by atoms with E-state index in [0.717, 1.165) is 27.8 Å². The first kappa shape index (κ1) is 27.4. The highest BCUT2D eigenvalue weighted by atomic mass is 32.2. The van der Waals surface area contributed by atoms with Gasteiger partial charge in [0.1, 0.15) is 13.2 Å². The first-order valence-corrected chi connectivity index (χ1v) is 12.8. The van der Waals surface area contributed by atoms with Crippen LogP contribution in [0.25, 0.3) is 6.08 Å². The quantitative estimate of drug-likeness (QED) is 0.199. The molecule has 0 aliphatic carbocycles. The third-order valence-electron chi connectivity index (χ3n) is 5.62. The van der Waals surface area contributed by atoms with E-state index < -0.39 is 28.5 Å². The normalized spacial score (nSPS) is 14.0. The van der Waals surface area contributed by atoms with Crippen molar-refractivity contribution in [3.63, 3.8) is 0 Å². The molecule has 3 aromatic carbocycles. The third-order valence-corrected chi connectivity index (χ3v) is 6.52. The molecule has 11 heteroatoms. The summed E-state index contributed by atoms with van der Waals surface area (Å²) in [7, 11) is 0. The van der Waals surface area contributed by atoms with Gasteiger partial charge in [0.25, 0.3) is 16.8 Å². The molecule has 0 unspecified atom stereocenters.